The lowest BCUT2D eigenvalue weighted by atomic mass is 9.89. The van der Waals surface area contributed by atoms with Gasteiger partial charge < -0.3 is 15.2 Å². The number of aryl methyl sites for hydroxylation is 1. The lowest BCUT2D eigenvalue weighted by Gasteiger charge is -2.22. The molecule has 0 radical (unpaired) electrons. The standard InChI is InChI=1S/C15H21NO3/c1-10(2)16-15(18)9-19-12-7-6-11-4-3-5-14(17)13(11)8-12/h6-8,10,14,17H,3-5,9H2,1-2H3,(H,16,18)/t14-/m0/s1. The van der Waals surface area contributed by atoms with Crippen LogP contribution in [0.15, 0.2) is 18.2 Å². The maximum atomic E-state index is 11.5. The van der Waals surface area contributed by atoms with Crippen LogP contribution in [-0.4, -0.2) is 23.7 Å². The van der Waals surface area contributed by atoms with Gasteiger partial charge in [0.1, 0.15) is 5.75 Å². The van der Waals surface area contributed by atoms with Gasteiger partial charge in [0.05, 0.1) is 6.10 Å². The molecule has 0 heterocycles. The molecule has 4 nitrogen and oxygen atoms in total. The van der Waals surface area contributed by atoms with Crippen LogP contribution < -0.4 is 10.1 Å². The van der Waals surface area contributed by atoms with Crippen LogP contribution in [0.25, 0.3) is 0 Å². The van der Waals surface area contributed by atoms with Gasteiger partial charge in [-0.1, -0.05) is 6.07 Å². The summed E-state index contributed by atoms with van der Waals surface area (Å²) in [7, 11) is 0. The minimum atomic E-state index is -0.406. The zero-order valence-corrected chi connectivity index (χ0v) is 11.5. The van der Waals surface area contributed by atoms with Gasteiger partial charge in [-0.3, -0.25) is 4.79 Å². The molecule has 2 N–H and O–H groups in total. The van der Waals surface area contributed by atoms with Gasteiger partial charge in [0.25, 0.3) is 5.91 Å². The number of carbonyl (C=O) groups excluding carboxylic acids is 1. The number of nitrogens with one attached hydrogen (secondary N) is 1. The second-order valence-corrected chi connectivity index (χ2v) is 5.28. The van der Waals surface area contributed by atoms with Gasteiger partial charge in [-0.2, -0.15) is 0 Å². The Morgan fingerprint density at radius 1 is 1.53 bits per heavy atom. The minimum Gasteiger partial charge on any atom is -0.484 e. The zero-order valence-electron chi connectivity index (χ0n) is 11.5. The molecule has 0 aromatic heterocycles. The van der Waals surface area contributed by atoms with Crippen molar-refractivity contribution < 1.29 is 14.6 Å². The van der Waals surface area contributed by atoms with Crippen LogP contribution in [0.2, 0.25) is 0 Å². The molecule has 0 fully saturated rings. The molecule has 0 bridgehead atoms. The molecule has 0 spiro atoms. The fourth-order valence-electron chi connectivity index (χ4n) is 2.35. The van der Waals surface area contributed by atoms with E-state index in [0.717, 1.165) is 24.8 Å². The van der Waals surface area contributed by atoms with E-state index in [1.165, 1.54) is 5.56 Å². The lowest BCUT2D eigenvalue weighted by Crippen LogP contribution is -2.34. The largest absolute Gasteiger partial charge is 0.484 e. The molecule has 1 atom stereocenters. The Labute approximate surface area is 113 Å². The highest BCUT2D eigenvalue weighted by Crippen LogP contribution is 2.32. The van der Waals surface area contributed by atoms with Crippen LogP contribution in [0.1, 0.15) is 43.9 Å². The van der Waals surface area contributed by atoms with E-state index in [1.54, 1.807) is 0 Å². The van der Waals surface area contributed by atoms with Crippen molar-refractivity contribution in [2.75, 3.05) is 6.61 Å². The fourth-order valence-corrected chi connectivity index (χ4v) is 2.35. The predicted molar refractivity (Wildman–Crippen MR) is 73.1 cm³/mol. The second-order valence-electron chi connectivity index (χ2n) is 5.28. The number of hydrogen-bond acceptors (Lipinski definition) is 3. The number of aliphatic hydroxyl groups is 1. The molecule has 2 rings (SSSR count). The zero-order chi connectivity index (χ0) is 13.8. The van der Waals surface area contributed by atoms with Crippen molar-refractivity contribution in [1.82, 2.24) is 5.32 Å². The van der Waals surface area contributed by atoms with E-state index in [1.807, 2.05) is 32.0 Å². The van der Waals surface area contributed by atoms with Crippen molar-refractivity contribution in [3.05, 3.63) is 29.3 Å². The molecule has 4 heteroatoms. The van der Waals surface area contributed by atoms with Crippen LogP contribution in [0.4, 0.5) is 0 Å². The number of fused-ring (bicyclic) bond motifs is 1. The first kappa shape index (κ1) is 13.9. The minimum absolute atomic E-state index is 0.00701. The predicted octanol–water partition coefficient (Wildman–Crippen LogP) is 1.96. The third-order valence-corrected chi connectivity index (χ3v) is 3.22. The van der Waals surface area contributed by atoms with Crippen LogP contribution in [0, 0.1) is 0 Å². The Bertz CT molecular complexity index is 457. The summed E-state index contributed by atoms with van der Waals surface area (Å²) in [5, 5.41) is 12.7. The van der Waals surface area contributed by atoms with E-state index >= 15 is 0 Å². The third kappa shape index (κ3) is 3.70. The van der Waals surface area contributed by atoms with E-state index in [-0.39, 0.29) is 18.6 Å². The third-order valence-electron chi connectivity index (χ3n) is 3.22. The van der Waals surface area contributed by atoms with Crippen molar-refractivity contribution in [2.24, 2.45) is 0 Å². The summed E-state index contributed by atoms with van der Waals surface area (Å²) < 4.78 is 5.46. The number of hydrogen-bond donors (Lipinski definition) is 2. The molecule has 1 aromatic rings. The Kier molecular flexibility index (Phi) is 4.43. The molecule has 1 aliphatic rings. The number of rotatable bonds is 4. The first-order valence-electron chi connectivity index (χ1n) is 6.79. The number of amides is 1. The molecular formula is C15H21NO3. The van der Waals surface area contributed by atoms with E-state index in [2.05, 4.69) is 5.32 Å². The summed E-state index contributed by atoms with van der Waals surface area (Å²) >= 11 is 0. The van der Waals surface area contributed by atoms with E-state index in [0.29, 0.717) is 5.75 Å². The van der Waals surface area contributed by atoms with Crippen LogP contribution in [0.5, 0.6) is 5.75 Å². The average Bonchev–Trinajstić information content (AvgIpc) is 2.36. The fraction of sp³-hybridized carbons (Fsp3) is 0.533. The van der Waals surface area contributed by atoms with Gasteiger partial charge in [0.15, 0.2) is 6.61 Å². The number of carbonyl (C=O) groups is 1. The summed E-state index contributed by atoms with van der Waals surface area (Å²) in [5.74, 6) is 0.506. The van der Waals surface area contributed by atoms with Crippen molar-refractivity contribution in [1.29, 1.82) is 0 Å². The van der Waals surface area contributed by atoms with Crippen molar-refractivity contribution in [3.8, 4) is 5.75 Å². The SMILES string of the molecule is CC(C)NC(=O)COc1ccc2c(c1)[C@@H](O)CCC2. The molecule has 19 heavy (non-hydrogen) atoms. The first-order chi connectivity index (χ1) is 9.06. The van der Waals surface area contributed by atoms with Gasteiger partial charge in [0.2, 0.25) is 0 Å². The smallest absolute Gasteiger partial charge is 0.258 e. The quantitative estimate of drug-likeness (QED) is 0.873. The molecular weight excluding hydrogens is 242 g/mol. The van der Waals surface area contributed by atoms with E-state index in [4.69, 9.17) is 4.74 Å². The number of ether oxygens (including phenoxy) is 1. The lowest BCUT2D eigenvalue weighted by molar-refractivity contribution is -0.123. The van der Waals surface area contributed by atoms with Crippen LogP contribution >= 0.6 is 0 Å². The maximum Gasteiger partial charge on any atom is 0.258 e. The van der Waals surface area contributed by atoms with Crippen LogP contribution in [0.3, 0.4) is 0 Å². The summed E-state index contributed by atoms with van der Waals surface area (Å²) in [6, 6.07) is 5.80. The van der Waals surface area contributed by atoms with Gasteiger partial charge in [-0.05, 0) is 56.4 Å². The molecule has 104 valence electrons. The Morgan fingerprint density at radius 3 is 3.05 bits per heavy atom. The maximum absolute atomic E-state index is 11.5. The van der Waals surface area contributed by atoms with Crippen molar-refractivity contribution >= 4 is 5.91 Å². The Morgan fingerprint density at radius 2 is 2.32 bits per heavy atom. The van der Waals surface area contributed by atoms with Crippen molar-refractivity contribution in [3.63, 3.8) is 0 Å². The first-order valence-corrected chi connectivity index (χ1v) is 6.79. The highest BCUT2D eigenvalue weighted by molar-refractivity contribution is 5.77. The van der Waals surface area contributed by atoms with Gasteiger partial charge in [-0.25, -0.2) is 0 Å². The van der Waals surface area contributed by atoms with Crippen molar-refractivity contribution in [2.45, 2.75) is 45.3 Å². The summed E-state index contributed by atoms with van der Waals surface area (Å²) in [6.45, 7) is 3.83. The van der Waals surface area contributed by atoms with Crippen LogP contribution in [-0.2, 0) is 11.2 Å². The van der Waals surface area contributed by atoms with Gasteiger partial charge in [-0.15, -0.1) is 0 Å². The van der Waals surface area contributed by atoms with E-state index in [9.17, 15) is 9.90 Å². The highest BCUT2D eigenvalue weighted by Gasteiger charge is 2.18. The second kappa shape index (κ2) is 6.06. The topological polar surface area (TPSA) is 58.6 Å². The molecule has 1 aromatic carbocycles. The van der Waals surface area contributed by atoms with Gasteiger partial charge in [0, 0.05) is 6.04 Å². The summed E-state index contributed by atoms with van der Waals surface area (Å²) in [4.78, 5) is 11.5. The molecule has 1 aliphatic carbocycles. The summed E-state index contributed by atoms with van der Waals surface area (Å²) in [6.07, 6.45) is 2.41. The van der Waals surface area contributed by atoms with E-state index < -0.39 is 6.10 Å². The number of aliphatic hydroxyl groups excluding tert-OH is 1. The molecule has 0 saturated heterocycles. The normalized spacial score (nSPS) is 18.0. The average molecular weight is 263 g/mol. The molecule has 0 aliphatic heterocycles. The Balaban J connectivity index is 1.98. The number of benzene rings is 1. The van der Waals surface area contributed by atoms with Gasteiger partial charge >= 0.3 is 0 Å². The Hall–Kier alpha value is -1.55. The molecule has 0 saturated carbocycles. The molecule has 1 amide bonds. The molecule has 0 unspecified atom stereocenters. The highest BCUT2D eigenvalue weighted by atomic mass is 16.5. The summed E-state index contributed by atoms with van der Waals surface area (Å²) in [5.41, 5.74) is 2.12. The monoisotopic (exact) mass is 263 g/mol.